The normalized spacial score (nSPS) is 11.9. The highest BCUT2D eigenvalue weighted by atomic mass is 35.5. The van der Waals surface area contributed by atoms with Gasteiger partial charge in [-0.25, -0.2) is 27.4 Å². The largest absolute Gasteiger partial charge is 1.00 e. The molecule has 0 aliphatic carbocycles. The lowest BCUT2D eigenvalue weighted by atomic mass is 10.0. The van der Waals surface area contributed by atoms with Gasteiger partial charge >= 0.3 is 0 Å². The second-order valence-corrected chi connectivity index (χ2v) is 5.60. The van der Waals surface area contributed by atoms with Gasteiger partial charge in [0.15, 0.2) is 23.3 Å². The van der Waals surface area contributed by atoms with Crippen molar-refractivity contribution in [2.45, 2.75) is 18.9 Å². The number of hydrogen-bond acceptors (Lipinski definition) is 2. The van der Waals surface area contributed by atoms with Gasteiger partial charge in [0.2, 0.25) is 5.91 Å². The molecule has 1 unspecified atom stereocenters. The topological polar surface area (TPSA) is 69.1 Å². The van der Waals surface area contributed by atoms with Crippen molar-refractivity contribution in [1.82, 2.24) is 5.43 Å². The van der Waals surface area contributed by atoms with E-state index in [4.69, 9.17) is 0 Å². The fourth-order valence-corrected chi connectivity index (χ4v) is 2.18. The minimum absolute atomic E-state index is 0. The van der Waals surface area contributed by atoms with E-state index in [1.165, 1.54) is 6.07 Å². The van der Waals surface area contributed by atoms with E-state index in [0.717, 1.165) is 24.4 Å². The molecule has 0 radical (unpaired) electrons. The van der Waals surface area contributed by atoms with Crippen molar-refractivity contribution in [1.29, 1.82) is 0 Å². The molecule has 4 N–H and O–H groups in total. The van der Waals surface area contributed by atoms with Crippen LogP contribution in [0.2, 0.25) is 0 Å². The molecule has 0 bridgehead atoms. The van der Waals surface area contributed by atoms with Crippen LogP contribution in [-0.2, 0) is 11.2 Å². The standard InChI is InChI=1S/C17H14F5N3O.ClH/c18-12-2-1-9(3-14(12)20)8-24-25-17(26)6-11(23)4-10-5-15(21)16(22)7-13(10)19;/h1-3,5,7-8,11H,4,6,23H2,(H,25,26);1H/b24-8+;. The molecule has 0 aromatic heterocycles. The van der Waals surface area contributed by atoms with Gasteiger partial charge in [-0.05, 0) is 29.3 Å². The number of hydrogen-bond donors (Lipinski definition) is 2. The molecule has 0 heterocycles. The molecular formula is C17H15ClF5N3O. The van der Waals surface area contributed by atoms with Crippen LogP contribution in [0.25, 0.3) is 0 Å². The Kier molecular flexibility index (Phi) is 8.32. The summed E-state index contributed by atoms with van der Waals surface area (Å²) in [6, 6.07) is 3.63. The van der Waals surface area contributed by atoms with Crippen LogP contribution in [0.15, 0.2) is 35.4 Å². The number of amides is 1. The molecule has 1 atom stereocenters. The van der Waals surface area contributed by atoms with Gasteiger partial charge in [-0.15, -0.1) is 0 Å². The van der Waals surface area contributed by atoms with Crippen molar-refractivity contribution < 1.29 is 44.9 Å². The predicted molar refractivity (Wildman–Crippen MR) is 83.4 cm³/mol. The third-order valence-corrected chi connectivity index (χ3v) is 3.42. The Morgan fingerprint density at radius 2 is 1.63 bits per heavy atom. The van der Waals surface area contributed by atoms with Gasteiger partial charge in [-0.3, -0.25) is 4.79 Å². The maximum Gasteiger partial charge on any atom is 0.246 e. The highest BCUT2D eigenvalue weighted by Gasteiger charge is 2.17. The number of benzene rings is 2. The van der Waals surface area contributed by atoms with Gasteiger partial charge in [0.05, 0.1) is 18.7 Å². The maximum atomic E-state index is 13.6. The predicted octanol–water partition coefficient (Wildman–Crippen LogP) is -0.920. The molecule has 0 saturated carbocycles. The fraction of sp³-hybridized carbons (Fsp3) is 0.176. The van der Waals surface area contributed by atoms with Gasteiger partial charge in [0.25, 0.3) is 0 Å². The van der Waals surface area contributed by atoms with Crippen LogP contribution < -0.4 is 23.6 Å². The minimum Gasteiger partial charge on any atom is -1.00 e. The Bertz CT molecular complexity index is 848. The molecule has 4 nitrogen and oxygen atoms in total. The van der Waals surface area contributed by atoms with E-state index >= 15 is 0 Å². The summed E-state index contributed by atoms with van der Waals surface area (Å²) >= 11 is 0. The lowest BCUT2D eigenvalue weighted by molar-refractivity contribution is -0.418. The van der Waals surface area contributed by atoms with E-state index in [1.54, 1.807) is 0 Å². The van der Waals surface area contributed by atoms with E-state index in [-0.39, 0.29) is 36.4 Å². The number of carbonyl (C=O) groups excluding carboxylic acids is 1. The van der Waals surface area contributed by atoms with Crippen molar-refractivity contribution in [2.24, 2.45) is 5.10 Å². The van der Waals surface area contributed by atoms with Gasteiger partial charge in [0, 0.05) is 12.5 Å². The Morgan fingerprint density at radius 1 is 1.00 bits per heavy atom. The maximum absolute atomic E-state index is 13.6. The molecule has 10 heteroatoms. The summed E-state index contributed by atoms with van der Waals surface area (Å²) in [6.07, 6.45) is 0.879. The third kappa shape index (κ3) is 6.61. The Balaban J connectivity index is 0.00000364. The van der Waals surface area contributed by atoms with Gasteiger partial charge in [-0.1, -0.05) is 6.07 Å². The zero-order chi connectivity index (χ0) is 19.3. The highest BCUT2D eigenvalue weighted by molar-refractivity contribution is 5.82. The summed E-state index contributed by atoms with van der Waals surface area (Å²) in [5.74, 6) is -6.02. The first-order valence-electron chi connectivity index (χ1n) is 7.49. The zero-order valence-electron chi connectivity index (χ0n) is 13.8. The smallest absolute Gasteiger partial charge is 0.246 e. The Morgan fingerprint density at radius 3 is 2.30 bits per heavy atom. The molecule has 0 aliphatic heterocycles. The molecule has 2 aromatic carbocycles. The molecule has 0 saturated heterocycles. The fourth-order valence-electron chi connectivity index (χ4n) is 2.18. The molecule has 146 valence electrons. The number of nitrogens with zero attached hydrogens (tertiary/aromatic N) is 1. The van der Waals surface area contributed by atoms with Crippen LogP contribution in [0.5, 0.6) is 0 Å². The highest BCUT2D eigenvalue weighted by Crippen LogP contribution is 2.15. The van der Waals surface area contributed by atoms with Gasteiger partial charge in [0.1, 0.15) is 5.82 Å². The number of hydrazone groups is 1. The van der Waals surface area contributed by atoms with E-state index in [2.05, 4.69) is 16.3 Å². The summed E-state index contributed by atoms with van der Waals surface area (Å²) in [7, 11) is 0. The molecule has 27 heavy (non-hydrogen) atoms. The van der Waals surface area contributed by atoms with Crippen LogP contribution in [-0.4, -0.2) is 18.2 Å². The van der Waals surface area contributed by atoms with Gasteiger partial charge < -0.3 is 18.1 Å². The summed E-state index contributed by atoms with van der Waals surface area (Å²) in [5, 5.41) is 3.59. The molecule has 0 fully saturated rings. The van der Waals surface area contributed by atoms with Crippen molar-refractivity contribution in [3.8, 4) is 0 Å². The number of rotatable bonds is 6. The second kappa shape index (κ2) is 9.98. The van der Waals surface area contributed by atoms with Gasteiger partial charge in [-0.2, -0.15) is 5.10 Å². The lowest BCUT2D eigenvalue weighted by Gasteiger charge is -2.09. The van der Waals surface area contributed by atoms with Crippen molar-refractivity contribution >= 4 is 12.1 Å². The van der Waals surface area contributed by atoms with Crippen molar-refractivity contribution in [3.05, 3.63) is 70.5 Å². The second-order valence-electron chi connectivity index (χ2n) is 5.60. The van der Waals surface area contributed by atoms with Crippen LogP contribution in [0.3, 0.4) is 0 Å². The average molecular weight is 408 g/mol. The number of halogens is 6. The van der Waals surface area contributed by atoms with Crippen molar-refractivity contribution in [3.63, 3.8) is 0 Å². The molecule has 1 amide bonds. The van der Waals surface area contributed by atoms with E-state index in [9.17, 15) is 26.7 Å². The first-order valence-corrected chi connectivity index (χ1v) is 7.49. The van der Waals surface area contributed by atoms with Crippen molar-refractivity contribution in [2.75, 3.05) is 0 Å². The van der Waals surface area contributed by atoms with E-state index in [0.29, 0.717) is 6.07 Å². The van der Waals surface area contributed by atoms with E-state index < -0.39 is 41.0 Å². The SMILES string of the molecule is [Cl-].[NH3+]C(CC(=O)N/N=C/c1ccc(F)c(F)c1)Cc1cc(F)c(F)cc1F. The van der Waals surface area contributed by atoms with Crippen LogP contribution in [0, 0.1) is 29.1 Å². The summed E-state index contributed by atoms with van der Waals surface area (Å²) < 4.78 is 65.4. The molecular weight excluding hydrogens is 393 g/mol. The molecule has 2 rings (SSSR count). The first kappa shape index (κ1) is 22.5. The van der Waals surface area contributed by atoms with Crippen LogP contribution in [0.1, 0.15) is 17.5 Å². The summed E-state index contributed by atoms with van der Waals surface area (Å²) in [5.41, 5.74) is 5.97. The zero-order valence-corrected chi connectivity index (χ0v) is 14.5. The minimum atomic E-state index is -1.30. The third-order valence-electron chi connectivity index (χ3n) is 3.42. The summed E-state index contributed by atoms with van der Waals surface area (Å²) in [4.78, 5) is 11.7. The first-order chi connectivity index (χ1) is 12.3. The average Bonchev–Trinajstić information content (AvgIpc) is 2.56. The quantitative estimate of drug-likeness (QED) is 0.276. The Hall–Kier alpha value is -2.52. The number of carbonyl (C=O) groups is 1. The lowest BCUT2D eigenvalue weighted by Crippen LogP contribution is -3.00. The monoisotopic (exact) mass is 407 g/mol. The Labute approximate surface area is 157 Å². The molecule has 2 aromatic rings. The van der Waals surface area contributed by atoms with E-state index in [1.807, 2.05) is 0 Å². The molecule has 0 aliphatic rings. The molecule has 0 spiro atoms. The number of nitrogens with one attached hydrogen (secondary N) is 1. The summed E-state index contributed by atoms with van der Waals surface area (Å²) in [6.45, 7) is 0. The number of quaternary nitrogens is 1. The van der Waals surface area contributed by atoms with Crippen LogP contribution in [0.4, 0.5) is 22.0 Å². The van der Waals surface area contributed by atoms with Crippen LogP contribution >= 0.6 is 0 Å².